The van der Waals surface area contributed by atoms with Crippen LogP contribution in [-0.2, 0) is 32.6 Å². The number of nitrogens with one attached hydrogen (secondary N) is 1. The van der Waals surface area contributed by atoms with Gasteiger partial charge in [0.25, 0.3) is 10.0 Å². The zero-order valence-electron chi connectivity index (χ0n) is 24.2. The molecule has 4 rings (SSSR count). The number of anilines is 1. The van der Waals surface area contributed by atoms with Gasteiger partial charge in [-0.05, 0) is 61.7 Å². The van der Waals surface area contributed by atoms with E-state index >= 15 is 0 Å². The molecule has 8 heteroatoms. The molecule has 0 radical (unpaired) electrons. The Hall–Kier alpha value is -4.43. The number of carbonyl (C=O) groups is 2. The van der Waals surface area contributed by atoms with Crippen molar-refractivity contribution < 1.29 is 18.0 Å². The quantitative estimate of drug-likeness (QED) is 0.246. The fourth-order valence-electron chi connectivity index (χ4n) is 4.78. The summed E-state index contributed by atoms with van der Waals surface area (Å²) in [6.45, 7) is 5.76. The van der Waals surface area contributed by atoms with Gasteiger partial charge in [-0.3, -0.25) is 13.9 Å². The number of rotatable bonds is 12. The van der Waals surface area contributed by atoms with E-state index < -0.39 is 28.5 Å². The summed E-state index contributed by atoms with van der Waals surface area (Å²) in [4.78, 5) is 29.5. The van der Waals surface area contributed by atoms with Crippen molar-refractivity contribution in [1.82, 2.24) is 10.2 Å². The molecule has 2 amide bonds. The summed E-state index contributed by atoms with van der Waals surface area (Å²) in [7, 11) is -4.11. The van der Waals surface area contributed by atoms with Gasteiger partial charge in [0, 0.05) is 19.5 Å². The third-order valence-electron chi connectivity index (χ3n) is 7.16. The second-order valence-electron chi connectivity index (χ2n) is 10.2. The molecule has 218 valence electrons. The summed E-state index contributed by atoms with van der Waals surface area (Å²) >= 11 is 0. The van der Waals surface area contributed by atoms with E-state index in [1.807, 2.05) is 87.5 Å². The van der Waals surface area contributed by atoms with Gasteiger partial charge in [0.2, 0.25) is 11.8 Å². The molecule has 42 heavy (non-hydrogen) atoms. The summed E-state index contributed by atoms with van der Waals surface area (Å²) in [5.74, 6) is -0.776. The molecule has 0 aliphatic carbocycles. The second-order valence-corrected chi connectivity index (χ2v) is 12.1. The first-order valence-corrected chi connectivity index (χ1v) is 15.4. The highest BCUT2D eigenvalue weighted by atomic mass is 32.2. The first kappa shape index (κ1) is 30.5. The molecule has 1 unspecified atom stereocenters. The number of amides is 2. The van der Waals surface area contributed by atoms with Crippen LogP contribution in [0, 0.1) is 13.8 Å². The predicted octanol–water partition coefficient (Wildman–Crippen LogP) is 5.27. The minimum atomic E-state index is -4.11. The third-order valence-corrected chi connectivity index (χ3v) is 8.94. The van der Waals surface area contributed by atoms with Crippen molar-refractivity contribution in [2.75, 3.05) is 17.4 Å². The van der Waals surface area contributed by atoms with Gasteiger partial charge in [0.15, 0.2) is 0 Å². The van der Waals surface area contributed by atoms with Crippen LogP contribution in [0.25, 0.3) is 0 Å². The van der Waals surface area contributed by atoms with Crippen LogP contribution in [0.4, 0.5) is 5.69 Å². The zero-order chi connectivity index (χ0) is 30.1. The molecule has 0 saturated heterocycles. The van der Waals surface area contributed by atoms with Gasteiger partial charge in [0.05, 0.1) is 10.6 Å². The van der Waals surface area contributed by atoms with Gasteiger partial charge in [0.1, 0.15) is 12.6 Å². The van der Waals surface area contributed by atoms with Crippen molar-refractivity contribution in [2.45, 2.75) is 44.7 Å². The minimum absolute atomic E-state index is 0.0772. The molecule has 0 aliphatic heterocycles. The van der Waals surface area contributed by atoms with Crippen molar-refractivity contribution >= 4 is 27.5 Å². The van der Waals surface area contributed by atoms with Gasteiger partial charge in [-0.1, -0.05) is 90.5 Å². The summed E-state index contributed by atoms with van der Waals surface area (Å²) < 4.78 is 29.1. The molecule has 0 fully saturated rings. The highest BCUT2D eigenvalue weighted by Gasteiger charge is 2.34. The molecule has 1 N–H and O–H groups in total. The van der Waals surface area contributed by atoms with Crippen molar-refractivity contribution in [2.24, 2.45) is 0 Å². The number of hydrogen-bond acceptors (Lipinski definition) is 4. The van der Waals surface area contributed by atoms with Crippen LogP contribution in [0.3, 0.4) is 0 Å². The second kappa shape index (κ2) is 14.0. The van der Waals surface area contributed by atoms with Crippen molar-refractivity contribution in [3.63, 3.8) is 0 Å². The monoisotopic (exact) mass is 583 g/mol. The average molecular weight is 584 g/mol. The third kappa shape index (κ3) is 7.44. The van der Waals surface area contributed by atoms with E-state index in [2.05, 4.69) is 5.32 Å². The van der Waals surface area contributed by atoms with E-state index in [1.54, 1.807) is 30.3 Å². The lowest BCUT2D eigenvalue weighted by molar-refractivity contribution is -0.140. The smallest absolute Gasteiger partial charge is 0.264 e. The first-order valence-electron chi connectivity index (χ1n) is 14.0. The lowest BCUT2D eigenvalue weighted by Gasteiger charge is -2.34. The fraction of sp³-hybridized carbons (Fsp3) is 0.235. The van der Waals surface area contributed by atoms with Crippen LogP contribution < -0.4 is 9.62 Å². The molecule has 0 saturated carbocycles. The summed E-state index contributed by atoms with van der Waals surface area (Å²) in [5.41, 5.74) is 4.07. The number of aryl methyl sites for hydroxylation is 2. The largest absolute Gasteiger partial charge is 0.355 e. The van der Waals surface area contributed by atoms with E-state index in [1.165, 1.54) is 17.0 Å². The SMILES string of the molecule is CCNC(=O)C(Cc1ccccc1)N(Cc1ccccc1C)C(=O)CN(c1ccc(C)cc1)S(=O)(=O)c1ccccc1. The maximum absolute atomic E-state index is 14.4. The van der Waals surface area contributed by atoms with Crippen LogP contribution >= 0.6 is 0 Å². The molecular weight excluding hydrogens is 546 g/mol. The normalized spacial score (nSPS) is 11.9. The molecular formula is C34H37N3O4S. The molecule has 4 aromatic carbocycles. The molecule has 0 bridgehead atoms. The highest BCUT2D eigenvalue weighted by Crippen LogP contribution is 2.25. The fourth-order valence-corrected chi connectivity index (χ4v) is 6.21. The number of sulfonamides is 1. The van der Waals surface area contributed by atoms with E-state index in [-0.39, 0.29) is 23.8 Å². The van der Waals surface area contributed by atoms with Crippen molar-refractivity contribution in [1.29, 1.82) is 0 Å². The highest BCUT2D eigenvalue weighted by molar-refractivity contribution is 7.92. The summed E-state index contributed by atoms with van der Waals surface area (Å²) in [6, 6.07) is 31.4. The Bertz CT molecular complexity index is 1590. The van der Waals surface area contributed by atoms with Crippen LogP contribution in [0.1, 0.15) is 29.2 Å². The predicted molar refractivity (Wildman–Crippen MR) is 166 cm³/mol. The van der Waals surface area contributed by atoms with Crippen LogP contribution in [0.5, 0.6) is 0 Å². The van der Waals surface area contributed by atoms with Gasteiger partial charge in [-0.15, -0.1) is 0 Å². The maximum atomic E-state index is 14.4. The van der Waals surface area contributed by atoms with Crippen molar-refractivity contribution in [3.8, 4) is 0 Å². The van der Waals surface area contributed by atoms with Crippen LogP contribution in [-0.4, -0.2) is 44.3 Å². The first-order chi connectivity index (χ1) is 20.2. The lowest BCUT2D eigenvalue weighted by atomic mass is 10.0. The van der Waals surface area contributed by atoms with Gasteiger partial charge < -0.3 is 10.2 Å². The standard InChI is InChI=1S/C34H37N3O4S/c1-4-35-34(39)32(23-28-14-7-5-8-15-28)36(24-29-16-12-11-13-27(29)3)33(38)25-37(30-21-19-26(2)20-22-30)42(40,41)31-17-9-6-10-18-31/h5-22,32H,4,23-25H2,1-3H3,(H,35,39). The van der Waals surface area contributed by atoms with Crippen LogP contribution in [0.2, 0.25) is 0 Å². The number of benzene rings is 4. The molecule has 0 heterocycles. The van der Waals surface area contributed by atoms with E-state index in [0.29, 0.717) is 12.2 Å². The Kier molecular flexibility index (Phi) is 10.1. The van der Waals surface area contributed by atoms with E-state index in [9.17, 15) is 18.0 Å². The molecule has 4 aromatic rings. The maximum Gasteiger partial charge on any atom is 0.264 e. The van der Waals surface area contributed by atoms with E-state index in [0.717, 1.165) is 26.6 Å². The number of carbonyl (C=O) groups excluding carboxylic acids is 2. The van der Waals surface area contributed by atoms with Gasteiger partial charge >= 0.3 is 0 Å². The Morgan fingerprint density at radius 2 is 1.38 bits per heavy atom. The van der Waals surface area contributed by atoms with Crippen LogP contribution in [0.15, 0.2) is 114 Å². The van der Waals surface area contributed by atoms with Gasteiger partial charge in [-0.25, -0.2) is 8.42 Å². The number of nitrogens with zero attached hydrogens (tertiary/aromatic N) is 2. The Morgan fingerprint density at radius 1 is 0.786 bits per heavy atom. The number of hydrogen-bond donors (Lipinski definition) is 1. The summed E-state index contributed by atoms with van der Waals surface area (Å²) in [5, 5.41) is 2.88. The average Bonchev–Trinajstić information content (AvgIpc) is 3.00. The lowest BCUT2D eigenvalue weighted by Crippen LogP contribution is -2.53. The topological polar surface area (TPSA) is 86.8 Å². The zero-order valence-corrected chi connectivity index (χ0v) is 25.1. The summed E-state index contributed by atoms with van der Waals surface area (Å²) in [6.07, 6.45) is 0.278. The molecule has 0 spiro atoms. The van der Waals surface area contributed by atoms with E-state index in [4.69, 9.17) is 0 Å². The molecule has 7 nitrogen and oxygen atoms in total. The molecule has 0 aromatic heterocycles. The van der Waals surface area contributed by atoms with Crippen molar-refractivity contribution in [3.05, 3.63) is 131 Å². The van der Waals surface area contributed by atoms with Gasteiger partial charge in [-0.2, -0.15) is 0 Å². The Morgan fingerprint density at radius 3 is 2.00 bits per heavy atom. The minimum Gasteiger partial charge on any atom is -0.355 e. The Labute approximate surface area is 248 Å². The Balaban J connectivity index is 1.79. The molecule has 0 aliphatic rings. The molecule has 1 atom stereocenters. The number of likely N-dealkylation sites (N-methyl/N-ethyl adjacent to an activating group) is 1.